The highest BCUT2D eigenvalue weighted by Crippen LogP contribution is 1.92. The molecule has 54 valence electrons. The average molecular weight is 135 g/mol. The summed E-state index contributed by atoms with van der Waals surface area (Å²) in [5.74, 6) is 0. The van der Waals surface area contributed by atoms with Gasteiger partial charge < -0.3 is 0 Å². The number of hydrogen-bond donors (Lipinski definition) is 0. The third kappa shape index (κ3) is 5.04. The largest absolute Gasteiger partial charge is 0.297 e. The Morgan fingerprint density at radius 1 is 1.40 bits per heavy atom. The van der Waals surface area contributed by atoms with Crippen LogP contribution < -0.4 is 0 Å². The number of nitrogens with zero attached hydrogens (tertiary/aromatic N) is 1. The molecule has 0 saturated heterocycles. The Bertz CT molecular complexity index is 173. The number of hydrogen-bond acceptors (Lipinski definition) is 1. The molecule has 0 aromatic carbocycles. The van der Waals surface area contributed by atoms with Gasteiger partial charge in [-0.25, -0.2) is 0 Å². The summed E-state index contributed by atoms with van der Waals surface area (Å²) in [7, 11) is 1.74. The van der Waals surface area contributed by atoms with Gasteiger partial charge in [-0.3, -0.25) is 4.99 Å². The lowest BCUT2D eigenvalue weighted by Crippen LogP contribution is -1.67. The Morgan fingerprint density at radius 2 is 2.10 bits per heavy atom. The molecule has 0 unspecified atom stereocenters. The second-order valence-electron chi connectivity index (χ2n) is 1.84. The highest BCUT2D eigenvalue weighted by molar-refractivity contribution is 5.71. The number of rotatable bonds is 3. The van der Waals surface area contributed by atoms with Gasteiger partial charge in [0, 0.05) is 13.3 Å². The molecular weight excluding hydrogens is 122 g/mol. The van der Waals surface area contributed by atoms with Crippen LogP contribution in [0.3, 0.4) is 0 Å². The molecule has 0 aliphatic rings. The smallest absolute Gasteiger partial charge is 0.0277 e. The molecule has 1 heteroatoms. The lowest BCUT2D eigenvalue weighted by molar-refractivity contribution is 1.47. The van der Waals surface area contributed by atoms with Gasteiger partial charge in [0.1, 0.15) is 0 Å². The first-order valence-corrected chi connectivity index (χ1v) is 3.21. The first-order valence-electron chi connectivity index (χ1n) is 3.21. The van der Waals surface area contributed by atoms with Gasteiger partial charge in [0.05, 0.1) is 0 Å². The van der Waals surface area contributed by atoms with Crippen molar-refractivity contribution in [2.45, 2.75) is 6.92 Å². The van der Waals surface area contributed by atoms with Crippen LogP contribution in [-0.4, -0.2) is 13.3 Å². The zero-order valence-electron chi connectivity index (χ0n) is 6.54. The van der Waals surface area contributed by atoms with Crippen molar-refractivity contribution in [1.82, 2.24) is 0 Å². The highest BCUT2D eigenvalue weighted by Gasteiger charge is 1.73. The minimum absolute atomic E-state index is 0.988. The normalized spacial score (nSPS) is 12.2. The molecule has 0 N–H and O–H groups in total. The van der Waals surface area contributed by atoms with E-state index in [4.69, 9.17) is 0 Å². The average Bonchev–Trinajstić information content (AvgIpc) is 1.89. The molecule has 0 heterocycles. The summed E-state index contributed by atoms with van der Waals surface area (Å²) in [5, 5.41) is 0. The molecule has 10 heavy (non-hydrogen) atoms. The van der Waals surface area contributed by atoms with E-state index >= 15 is 0 Å². The van der Waals surface area contributed by atoms with E-state index in [1.165, 1.54) is 0 Å². The molecule has 0 radical (unpaired) electrons. The van der Waals surface area contributed by atoms with Crippen molar-refractivity contribution in [2.75, 3.05) is 7.05 Å². The molecule has 0 fully saturated rings. The summed E-state index contributed by atoms with van der Waals surface area (Å²) in [6.45, 7) is 5.75. The molecule has 0 aromatic heterocycles. The van der Waals surface area contributed by atoms with Crippen LogP contribution in [0.4, 0.5) is 0 Å². The molecule has 0 spiro atoms. The molecule has 0 bridgehead atoms. The lowest BCUT2D eigenvalue weighted by Gasteiger charge is -1.83. The molecule has 0 amide bonds. The van der Waals surface area contributed by atoms with Crippen LogP contribution in [0.1, 0.15) is 6.92 Å². The third-order valence-corrected chi connectivity index (χ3v) is 0.926. The van der Waals surface area contributed by atoms with Crippen LogP contribution >= 0.6 is 0 Å². The highest BCUT2D eigenvalue weighted by atomic mass is 14.6. The van der Waals surface area contributed by atoms with Crippen molar-refractivity contribution in [3.05, 3.63) is 36.5 Å². The van der Waals surface area contributed by atoms with Crippen LogP contribution in [-0.2, 0) is 0 Å². The first-order chi connectivity index (χ1) is 4.81. The fourth-order valence-corrected chi connectivity index (χ4v) is 0.522. The van der Waals surface area contributed by atoms with E-state index in [-0.39, 0.29) is 0 Å². The van der Waals surface area contributed by atoms with Crippen molar-refractivity contribution < 1.29 is 0 Å². The standard InChI is InChI=1S/C9H13N/c1-4-6-9(2)7-5-8-10-3/h4-8H,2H2,1,3H3/b6-4-,7-5-,10-8?. The maximum Gasteiger partial charge on any atom is 0.0277 e. The minimum atomic E-state index is 0.988. The summed E-state index contributed by atoms with van der Waals surface area (Å²) < 4.78 is 0. The van der Waals surface area contributed by atoms with Gasteiger partial charge in [-0.05, 0) is 18.6 Å². The third-order valence-electron chi connectivity index (χ3n) is 0.926. The Labute approximate surface area is 62.5 Å². The van der Waals surface area contributed by atoms with Gasteiger partial charge in [-0.2, -0.15) is 0 Å². The van der Waals surface area contributed by atoms with Gasteiger partial charge in [0.2, 0.25) is 0 Å². The molecule has 0 aliphatic heterocycles. The second-order valence-corrected chi connectivity index (χ2v) is 1.84. The molecule has 1 nitrogen and oxygen atoms in total. The first kappa shape index (κ1) is 8.89. The van der Waals surface area contributed by atoms with Gasteiger partial charge in [0.15, 0.2) is 0 Å². The van der Waals surface area contributed by atoms with E-state index in [9.17, 15) is 0 Å². The SMILES string of the molecule is C=C(/C=C\C)/C=C\C=NC. The molecule has 0 rings (SSSR count). The monoisotopic (exact) mass is 135 g/mol. The van der Waals surface area contributed by atoms with Crippen molar-refractivity contribution >= 4 is 6.21 Å². The topological polar surface area (TPSA) is 12.4 Å². The zero-order valence-corrected chi connectivity index (χ0v) is 6.54. The summed E-state index contributed by atoms with van der Waals surface area (Å²) in [6.07, 6.45) is 9.40. The lowest BCUT2D eigenvalue weighted by atomic mass is 10.2. The Kier molecular flexibility index (Phi) is 5.35. The van der Waals surface area contributed by atoms with Crippen molar-refractivity contribution in [3.8, 4) is 0 Å². The van der Waals surface area contributed by atoms with Crippen LogP contribution in [0.2, 0.25) is 0 Å². The molecule has 0 aliphatic carbocycles. The van der Waals surface area contributed by atoms with E-state index in [2.05, 4.69) is 11.6 Å². The number of aliphatic imine (C=N–C) groups is 1. The maximum absolute atomic E-state index is 3.79. The van der Waals surface area contributed by atoms with Crippen LogP contribution in [0.5, 0.6) is 0 Å². The van der Waals surface area contributed by atoms with Gasteiger partial charge >= 0.3 is 0 Å². The Hall–Kier alpha value is -1.11. The van der Waals surface area contributed by atoms with Crippen LogP contribution in [0, 0.1) is 0 Å². The van der Waals surface area contributed by atoms with Crippen LogP contribution in [0.25, 0.3) is 0 Å². The van der Waals surface area contributed by atoms with Gasteiger partial charge in [-0.1, -0.05) is 24.8 Å². The van der Waals surface area contributed by atoms with Crippen LogP contribution in [0.15, 0.2) is 41.4 Å². The fourth-order valence-electron chi connectivity index (χ4n) is 0.522. The minimum Gasteiger partial charge on any atom is -0.297 e. The quantitative estimate of drug-likeness (QED) is 0.416. The van der Waals surface area contributed by atoms with Crippen molar-refractivity contribution in [3.63, 3.8) is 0 Å². The summed E-state index contributed by atoms with van der Waals surface area (Å²) in [6, 6.07) is 0. The van der Waals surface area contributed by atoms with Gasteiger partial charge in [-0.15, -0.1) is 0 Å². The predicted octanol–water partition coefficient (Wildman–Crippen LogP) is 2.38. The van der Waals surface area contributed by atoms with E-state index < -0.39 is 0 Å². The molecule has 0 atom stereocenters. The van der Waals surface area contributed by atoms with E-state index in [0.717, 1.165) is 5.57 Å². The maximum atomic E-state index is 3.79. The summed E-state index contributed by atoms with van der Waals surface area (Å²) in [5.41, 5.74) is 0.988. The Balaban J connectivity index is 3.78. The van der Waals surface area contributed by atoms with E-state index in [1.807, 2.05) is 31.2 Å². The van der Waals surface area contributed by atoms with Gasteiger partial charge in [0.25, 0.3) is 0 Å². The Morgan fingerprint density at radius 3 is 2.60 bits per heavy atom. The van der Waals surface area contributed by atoms with Crippen molar-refractivity contribution in [2.24, 2.45) is 4.99 Å². The summed E-state index contributed by atoms with van der Waals surface area (Å²) in [4.78, 5) is 3.79. The summed E-state index contributed by atoms with van der Waals surface area (Å²) >= 11 is 0. The predicted molar refractivity (Wildman–Crippen MR) is 47.5 cm³/mol. The fraction of sp³-hybridized carbons (Fsp3) is 0.222. The second kappa shape index (κ2) is 6.02. The molecular formula is C9H13N. The number of allylic oxidation sites excluding steroid dienone is 5. The zero-order chi connectivity index (χ0) is 7.82. The van der Waals surface area contributed by atoms with E-state index in [1.54, 1.807) is 13.3 Å². The van der Waals surface area contributed by atoms with Crippen molar-refractivity contribution in [1.29, 1.82) is 0 Å². The molecule has 0 saturated carbocycles. The molecule has 0 aromatic rings. The van der Waals surface area contributed by atoms with E-state index in [0.29, 0.717) is 0 Å².